The molecule has 0 heterocycles. The highest BCUT2D eigenvalue weighted by Crippen LogP contribution is 2.43. The summed E-state index contributed by atoms with van der Waals surface area (Å²) in [4.78, 5) is 29.2. The van der Waals surface area contributed by atoms with Crippen molar-refractivity contribution in [3.8, 4) is 5.75 Å². The van der Waals surface area contributed by atoms with Gasteiger partial charge in [-0.25, -0.2) is 4.57 Å². The zero-order valence-electron chi connectivity index (χ0n) is 11.0. The van der Waals surface area contributed by atoms with Crippen molar-refractivity contribution in [3.63, 3.8) is 0 Å². The Balaban J connectivity index is 3.12. The quantitative estimate of drug-likeness (QED) is 0.636. The molecular weight excluding hydrogens is 271 g/mol. The third kappa shape index (κ3) is 4.67. The Hall–Kier alpha value is -1.36. The van der Waals surface area contributed by atoms with E-state index >= 15 is 0 Å². The molecule has 2 N–H and O–H groups in total. The molecule has 19 heavy (non-hydrogen) atoms. The highest BCUT2D eigenvalue weighted by Gasteiger charge is 2.30. The van der Waals surface area contributed by atoms with Crippen LogP contribution < -0.4 is 4.52 Å². The number of ether oxygens (including phenoxy) is 1. The lowest BCUT2D eigenvalue weighted by Gasteiger charge is -2.26. The maximum atomic E-state index is 11.4. The van der Waals surface area contributed by atoms with Gasteiger partial charge in [0, 0.05) is 11.0 Å². The van der Waals surface area contributed by atoms with E-state index in [0.29, 0.717) is 5.56 Å². The lowest BCUT2D eigenvalue weighted by atomic mass is 9.81. The zero-order valence-corrected chi connectivity index (χ0v) is 11.9. The minimum Gasteiger partial charge on any atom is -0.469 e. The van der Waals surface area contributed by atoms with Gasteiger partial charge in [0.2, 0.25) is 0 Å². The first kappa shape index (κ1) is 15.7. The fourth-order valence-electron chi connectivity index (χ4n) is 1.76. The molecule has 0 aliphatic heterocycles. The van der Waals surface area contributed by atoms with Gasteiger partial charge < -0.3 is 9.26 Å². The van der Waals surface area contributed by atoms with Crippen molar-refractivity contribution in [1.29, 1.82) is 0 Å². The third-order valence-electron chi connectivity index (χ3n) is 2.65. The molecule has 0 amide bonds. The second kappa shape index (κ2) is 5.74. The monoisotopic (exact) mass is 288 g/mol. The summed E-state index contributed by atoms with van der Waals surface area (Å²) in [6.45, 7) is 3.54. The molecule has 0 atom stereocenters. The lowest BCUT2D eigenvalue weighted by molar-refractivity contribution is -0.141. The van der Waals surface area contributed by atoms with E-state index in [4.69, 9.17) is 9.79 Å². The first-order valence-electron chi connectivity index (χ1n) is 5.57. The summed E-state index contributed by atoms with van der Waals surface area (Å²) in [6, 6.07) is 6.42. The molecule has 0 unspecified atom stereocenters. The number of carbonyl (C=O) groups is 1. The molecule has 0 bridgehead atoms. The summed E-state index contributed by atoms with van der Waals surface area (Å²) in [5, 5.41) is 0. The van der Waals surface area contributed by atoms with Crippen molar-refractivity contribution >= 4 is 13.8 Å². The minimum atomic E-state index is -4.64. The first-order chi connectivity index (χ1) is 8.65. The summed E-state index contributed by atoms with van der Waals surface area (Å²) < 4.78 is 20.2. The Morgan fingerprint density at radius 3 is 2.42 bits per heavy atom. The van der Waals surface area contributed by atoms with Crippen molar-refractivity contribution in [2.45, 2.75) is 25.7 Å². The SMILES string of the molecule is COC(=O)CC(C)(C)c1ccccc1OP(=O)(O)O. The number of esters is 1. The Morgan fingerprint density at radius 2 is 1.89 bits per heavy atom. The van der Waals surface area contributed by atoms with Crippen molar-refractivity contribution < 1.29 is 28.4 Å². The molecule has 0 saturated heterocycles. The van der Waals surface area contributed by atoms with E-state index < -0.39 is 19.2 Å². The molecule has 0 fully saturated rings. The van der Waals surface area contributed by atoms with Crippen molar-refractivity contribution in [2.75, 3.05) is 7.11 Å². The molecule has 0 aliphatic rings. The average Bonchev–Trinajstić information content (AvgIpc) is 2.26. The van der Waals surface area contributed by atoms with E-state index in [0.717, 1.165) is 0 Å². The number of para-hydroxylation sites is 1. The van der Waals surface area contributed by atoms with Crippen LogP contribution in [-0.2, 0) is 19.5 Å². The second-order valence-electron chi connectivity index (χ2n) is 4.71. The van der Waals surface area contributed by atoms with Crippen LogP contribution in [0.2, 0.25) is 0 Å². The highest BCUT2D eigenvalue weighted by molar-refractivity contribution is 7.46. The molecule has 0 saturated carbocycles. The van der Waals surface area contributed by atoms with Crippen LogP contribution >= 0.6 is 7.82 Å². The predicted molar refractivity (Wildman–Crippen MR) is 68.8 cm³/mol. The second-order valence-corrected chi connectivity index (χ2v) is 5.88. The summed E-state index contributed by atoms with van der Waals surface area (Å²) in [5.74, 6) is -0.347. The molecule has 0 spiro atoms. The lowest BCUT2D eigenvalue weighted by Crippen LogP contribution is -2.23. The Labute approximate surface area is 111 Å². The molecule has 1 aromatic carbocycles. The van der Waals surface area contributed by atoms with Crippen molar-refractivity contribution in [2.24, 2.45) is 0 Å². The van der Waals surface area contributed by atoms with Gasteiger partial charge in [-0.3, -0.25) is 14.6 Å². The van der Waals surface area contributed by atoms with Gasteiger partial charge in [0.25, 0.3) is 0 Å². The maximum Gasteiger partial charge on any atom is 0.524 e. The third-order valence-corrected chi connectivity index (χ3v) is 3.08. The van der Waals surface area contributed by atoms with Gasteiger partial charge >= 0.3 is 13.8 Å². The minimum absolute atomic E-state index is 0.0599. The Kier molecular flexibility index (Phi) is 4.74. The van der Waals surface area contributed by atoms with Crippen LogP contribution in [0.4, 0.5) is 0 Å². The summed E-state index contributed by atoms with van der Waals surface area (Å²) in [7, 11) is -3.35. The van der Waals surface area contributed by atoms with Crippen LogP contribution in [0.1, 0.15) is 25.8 Å². The first-order valence-corrected chi connectivity index (χ1v) is 7.10. The van der Waals surface area contributed by atoms with E-state index in [1.54, 1.807) is 32.0 Å². The average molecular weight is 288 g/mol. The van der Waals surface area contributed by atoms with E-state index in [-0.39, 0.29) is 12.2 Å². The van der Waals surface area contributed by atoms with Crippen LogP contribution in [0.3, 0.4) is 0 Å². The molecule has 6 nitrogen and oxygen atoms in total. The Morgan fingerprint density at radius 1 is 1.32 bits per heavy atom. The Bertz CT molecular complexity index is 505. The van der Waals surface area contributed by atoms with Crippen LogP contribution in [-0.4, -0.2) is 22.9 Å². The number of rotatable bonds is 5. The smallest absolute Gasteiger partial charge is 0.469 e. The fraction of sp³-hybridized carbons (Fsp3) is 0.417. The topological polar surface area (TPSA) is 93.1 Å². The summed E-state index contributed by atoms with van der Waals surface area (Å²) in [6.07, 6.45) is 0.0744. The van der Waals surface area contributed by atoms with Gasteiger partial charge in [0.1, 0.15) is 5.75 Å². The predicted octanol–water partition coefficient (Wildman–Crippen LogP) is 2.00. The van der Waals surface area contributed by atoms with E-state index in [1.165, 1.54) is 13.2 Å². The van der Waals surface area contributed by atoms with Gasteiger partial charge in [-0.1, -0.05) is 32.0 Å². The number of methoxy groups -OCH3 is 1. The molecule has 0 radical (unpaired) electrons. The molecule has 1 aromatic rings. The zero-order chi connectivity index (χ0) is 14.7. The fourth-order valence-corrected chi connectivity index (χ4v) is 2.18. The number of hydrogen-bond acceptors (Lipinski definition) is 4. The number of benzene rings is 1. The van der Waals surface area contributed by atoms with E-state index in [2.05, 4.69) is 9.26 Å². The normalized spacial score (nSPS) is 12.1. The molecular formula is C12H17O6P. The van der Waals surface area contributed by atoms with Crippen LogP contribution in [0, 0.1) is 0 Å². The van der Waals surface area contributed by atoms with Gasteiger partial charge in [0.05, 0.1) is 13.5 Å². The van der Waals surface area contributed by atoms with Crippen molar-refractivity contribution in [3.05, 3.63) is 29.8 Å². The van der Waals surface area contributed by atoms with Gasteiger partial charge in [0.15, 0.2) is 0 Å². The van der Waals surface area contributed by atoms with Crippen LogP contribution in [0.25, 0.3) is 0 Å². The highest BCUT2D eigenvalue weighted by atomic mass is 31.2. The number of carbonyl (C=O) groups excluding carboxylic acids is 1. The van der Waals surface area contributed by atoms with E-state index in [9.17, 15) is 9.36 Å². The van der Waals surface area contributed by atoms with Crippen LogP contribution in [0.15, 0.2) is 24.3 Å². The standard InChI is InChI=1S/C12H17O6P/c1-12(2,8-11(13)17-3)9-6-4-5-7-10(9)18-19(14,15)16/h4-7H,8H2,1-3H3,(H2,14,15,16). The summed E-state index contributed by atoms with van der Waals surface area (Å²) >= 11 is 0. The molecule has 7 heteroatoms. The molecule has 0 aliphatic carbocycles. The van der Waals surface area contributed by atoms with Gasteiger partial charge in [-0.05, 0) is 6.07 Å². The molecule has 106 valence electrons. The van der Waals surface area contributed by atoms with Gasteiger partial charge in [-0.2, -0.15) is 0 Å². The largest absolute Gasteiger partial charge is 0.524 e. The molecule has 1 rings (SSSR count). The summed E-state index contributed by atoms with van der Waals surface area (Å²) in [5.41, 5.74) is -0.137. The number of phosphoric ester groups is 1. The van der Waals surface area contributed by atoms with Crippen molar-refractivity contribution in [1.82, 2.24) is 0 Å². The maximum absolute atomic E-state index is 11.4. The number of phosphoric acid groups is 1. The van der Waals surface area contributed by atoms with E-state index in [1.807, 2.05) is 0 Å². The molecule has 0 aromatic heterocycles. The number of hydrogen-bond donors (Lipinski definition) is 2. The van der Waals surface area contributed by atoms with Crippen LogP contribution in [0.5, 0.6) is 5.75 Å². The van der Waals surface area contributed by atoms with Gasteiger partial charge in [-0.15, -0.1) is 0 Å².